The van der Waals surface area contributed by atoms with E-state index in [4.69, 9.17) is 4.42 Å². The second kappa shape index (κ2) is 6.08. The normalized spacial score (nSPS) is 10.1. The van der Waals surface area contributed by atoms with Gasteiger partial charge >= 0.3 is 5.97 Å². The highest BCUT2D eigenvalue weighted by Gasteiger charge is 2.13. The summed E-state index contributed by atoms with van der Waals surface area (Å²) in [6.45, 7) is 2.30. The van der Waals surface area contributed by atoms with Gasteiger partial charge in [-0.15, -0.1) is 0 Å². The van der Waals surface area contributed by atoms with Gasteiger partial charge in [0.1, 0.15) is 12.0 Å². The van der Waals surface area contributed by atoms with Crippen LogP contribution in [0, 0.1) is 6.92 Å². The molecule has 1 aromatic rings. The van der Waals surface area contributed by atoms with Crippen molar-refractivity contribution in [2.75, 3.05) is 20.7 Å². The number of furan rings is 1. The van der Waals surface area contributed by atoms with Crippen LogP contribution >= 0.6 is 0 Å². The Bertz CT molecular complexity index is 397. The van der Waals surface area contributed by atoms with E-state index in [2.05, 4.69) is 4.74 Å². The zero-order valence-electron chi connectivity index (χ0n) is 10.4. The van der Waals surface area contributed by atoms with Gasteiger partial charge in [0.25, 0.3) is 5.91 Å². The molecule has 5 heteroatoms. The van der Waals surface area contributed by atoms with Gasteiger partial charge < -0.3 is 14.1 Å². The van der Waals surface area contributed by atoms with Gasteiger partial charge in [0.15, 0.2) is 0 Å². The predicted octanol–water partition coefficient (Wildman–Crippen LogP) is 1.61. The van der Waals surface area contributed by atoms with Crippen LogP contribution in [0.2, 0.25) is 0 Å². The molecule has 1 aromatic heterocycles. The fourth-order valence-corrected chi connectivity index (χ4v) is 1.44. The van der Waals surface area contributed by atoms with Gasteiger partial charge in [-0.25, -0.2) is 0 Å². The maximum atomic E-state index is 11.9. The minimum Gasteiger partial charge on any atom is -0.469 e. The Labute approximate surface area is 100 Å². The molecule has 0 aromatic carbocycles. The van der Waals surface area contributed by atoms with Crippen LogP contribution in [0.4, 0.5) is 0 Å². The first-order valence-electron chi connectivity index (χ1n) is 5.42. The van der Waals surface area contributed by atoms with Crippen molar-refractivity contribution in [3.8, 4) is 0 Å². The van der Waals surface area contributed by atoms with Crippen molar-refractivity contribution in [1.29, 1.82) is 0 Å². The molecule has 0 unspecified atom stereocenters. The van der Waals surface area contributed by atoms with E-state index >= 15 is 0 Å². The van der Waals surface area contributed by atoms with Crippen LogP contribution in [0.25, 0.3) is 0 Å². The molecule has 1 amide bonds. The zero-order valence-corrected chi connectivity index (χ0v) is 10.4. The van der Waals surface area contributed by atoms with E-state index in [1.165, 1.54) is 13.4 Å². The zero-order chi connectivity index (χ0) is 12.8. The molecule has 0 saturated heterocycles. The van der Waals surface area contributed by atoms with Crippen molar-refractivity contribution in [2.24, 2.45) is 0 Å². The minimum absolute atomic E-state index is 0.105. The monoisotopic (exact) mass is 239 g/mol. The van der Waals surface area contributed by atoms with Gasteiger partial charge in [0, 0.05) is 20.0 Å². The Kier molecular flexibility index (Phi) is 4.75. The first-order valence-corrected chi connectivity index (χ1v) is 5.42. The lowest BCUT2D eigenvalue weighted by atomic mass is 10.2. The SMILES string of the molecule is COC(=O)CCCN(C)C(=O)c1coc(C)c1. The van der Waals surface area contributed by atoms with Gasteiger partial charge in [-0.2, -0.15) is 0 Å². The number of nitrogens with zero attached hydrogens (tertiary/aromatic N) is 1. The molecule has 94 valence electrons. The van der Waals surface area contributed by atoms with Gasteiger partial charge in [0.05, 0.1) is 12.7 Å². The third kappa shape index (κ3) is 3.94. The second-order valence-electron chi connectivity index (χ2n) is 3.85. The van der Waals surface area contributed by atoms with E-state index in [0.29, 0.717) is 30.7 Å². The number of ether oxygens (including phenoxy) is 1. The molecule has 0 spiro atoms. The Morgan fingerprint density at radius 3 is 2.71 bits per heavy atom. The molecule has 0 aliphatic carbocycles. The molecule has 1 rings (SSSR count). The van der Waals surface area contributed by atoms with Crippen LogP contribution in [-0.2, 0) is 9.53 Å². The van der Waals surface area contributed by atoms with Crippen molar-refractivity contribution in [1.82, 2.24) is 4.90 Å². The number of hydrogen-bond acceptors (Lipinski definition) is 4. The van der Waals surface area contributed by atoms with Crippen molar-refractivity contribution in [2.45, 2.75) is 19.8 Å². The van der Waals surface area contributed by atoms with Gasteiger partial charge in [-0.3, -0.25) is 9.59 Å². The molecule has 0 fully saturated rings. The maximum absolute atomic E-state index is 11.9. The second-order valence-corrected chi connectivity index (χ2v) is 3.85. The quantitative estimate of drug-likeness (QED) is 0.732. The summed E-state index contributed by atoms with van der Waals surface area (Å²) < 4.78 is 9.60. The Balaban J connectivity index is 2.40. The first-order chi connectivity index (χ1) is 8.04. The van der Waals surface area contributed by atoms with Crippen LogP contribution in [0.3, 0.4) is 0 Å². The molecule has 1 heterocycles. The third-order valence-electron chi connectivity index (χ3n) is 2.43. The molecule has 0 N–H and O–H groups in total. The number of aryl methyl sites for hydroxylation is 1. The molecule has 0 bridgehead atoms. The van der Waals surface area contributed by atoms with E-state index in [1.807, 2.05) is 0 Å². The summed E-state index contributed by atoms with van der Waals surface area (Å²) in [4.78, 5) is 24.3. The molecular formula is C12H17NO4. The molecule has 17 heavy (non-hydrogen) atoms. The summed E-state index contributed by atoms with van der Waals surface area (Å²) in [6, 6.07) is 1.69. The lowest BCUT2D eigenvalue weighted by molar-refractivity contribution is -0.140. The highest BCUT2D eigenvalue weighted by molar-refractivity contribution is 5.93. The summed E-state index contributed by atoms with van der Waals surface area (Å²) in [5, 5.41) is 0. The van der Waals surface area contributed by atoms with Crippen molar-refractivity contribution < 1.29 is 18.7 Å². The number of hydrogen-bond donors (Lipinski definition) is 0. The van der Waals surface area contributed by atoms with Gasteiger partial charge in [0.2, 0.25) is 0 Å². The fourth-order valence-electron chi connectivity index (χ4n) is 1.44. The average molecular weight is 239 g/mol. The Hall–Kier alpha value is -1.78. The molecule has 5 nitrogen and oxygen atoms in total. The van der Waals surface area contributed by atoms with E-state index < -0.39 is 0 Å². The van der Waals surface area contributed by atoms with Crippen LogP contribution in [0.1, 0.15) is 29.0 Å². The van der Waals surface area contributed by atoms with Crippen molar-refractivity contribution in [3.63, 3.8) is 0 Å². The predicted molar refractivity (Wildman–Crippen MR) is 61.7 cm³/mol. The van der Waals surface area contributed by atoms with E-state index in [9.17, 15) is 9.59 Å². The first kappa shape index (κ1) is 13.3. The van der Waals surface area contributed by atoms with Crippen molar-refractivity contribution >= 4 is 11.9 Å². The standard InChI is InChI=1S/C12H17NO4/c1-9-7-10(8-17-9)12(15)13(2)6-4-5-11(14)16-3/h7-8H,4-6H2,1-3H3. The summed E-state index contributed by atoms with van der Waals surface area (Å²) in [6.07, 6.45) is 2.35. The molecule has 0 saturated carbocycles. The summed E-state index contributed by atoms with van der Waals surface area (Å²) >= 11 is 0. The largest absolute Gasteiger partial charge is 0.469 e. The van der Waals surface area contributed by atoms with Crippen LogP contribution in [-0.4, -0.2) is 37.5 Å². The van der Waals surface area contributed by atoms with Crippen LogP contribution < -0.4 is 0 Å². The highest BCUT2D eigenvalue weighted by atomic mass is 16.5. The number of carbonyl (C=O) groups excluding carboxylic acids is 2. The van der Waals surface area contributed by atoms with E-state index in [0.717, 1.165) is 0 Å². The highest BCUT2D eigenvalue weighted by Crippen LogP contribution is 2.09. The lowest BCUT2D eigenvalue weighted by Gasteiger charge is -2.15. The molecule has 0 aliphatic rings. The number of carbonyl (C=O) groups is 2. The summed E-state index contributed by atoms with van der Waals surface area (Å²) in [5.74, 6) is 0.341. The van der Waals surface area contributed by atoms with Crippen LogP contribution in [0.15, 0.2) is 16.7 Å². The fraction of sp³-hybridized carbons (Fsp3) is 0.500. The molecule has 0 radical (unpaired) electrons. The van der Waals surface area contributed by atoms with E-state index in [-0.39, 0.29) is 11.9 Å². The number of esters is 1. The number of rotatable bonds is 5. The smallest absolute Gasteiger partial charge is 0.305 e. The molecular weight excluding hydrogens is 222 g/mol. The average Bonchev–Trinajstić information content (AvgIpc) is 2.74. The molecule has 0 aliphatic heterocycles. The summed E-state index contributed by atoms with van der Waals surface area (Å²) in [7, 11) is 3.05. The number of methoxy groups -OCH3 is 1. The van der Waals surface area contributed by atoms with Crippen molar-refractivity contribution in [3.05, 3.63) is 23.7 Å². The van der Waals surface area contributed by atoms with Gasteiger partial charge in [-0.05, 0) is 19.4 Å². The Morgan fingerprint density at radius 1 is 1.47 bits per heavy atom. The number of amides is 1. The maximum Gasteiger partial charge on any atom is 0.305 e. The van der Waals surface area contributed by atoms with Crippen LogP contribution in [0.5, 0.6) is 0 Å². The van der Waals surface area contributed by atoms with Gasteiger partial charge in [-0.1, -0.05) is 0 Å². The Morgan fingerprint density at radius 2 is 2.18 bits per heavy atom. The third-order valence-corrected chi connectivity index (χ3v) is 2.43. The molecule has 0 atom stereocenters. The van der Waals surface area contributed by atoms with E-state index in [1.54, 1.807) is 24.9 Å². The topological polar surface area (TPSA) is 59.8 Å². The lowest BCUT2D eigenvalue weighted by Crippen LogP contribution is -2.27. The summed E-state index contributed by atoms with van der Waals surface area (Å²) in [5.41, 5.74) is 0.531. The minimum atomic E-state index is -0.259.